The Bertz CT molecular complexity index is 383. The highest BCUT2D eigenvalue weighted by molar-refractivity contribution is 6.54. The van der Waals surface area contributed by atoms with Gasteiger partial charge < -0.3 is 14.0 Å². The third kappa shape index (κ3) is 2.97. The van der Waals surface area contributed by atoms with Crippen LogP contribution in [0.25, 0.3) is 0 Å². The maximum Gasteiger partial charge on any atom is 0.490 e. The molecule has 1 heterocycles. The van der Waals surface area contributed by atoms with Gasteiger partial charge in [-0.05, 0) is 71.2 Å². The minimum absolute atomic E-state index is 0.163. The molecule has 0 bridgehead atoms. The molecular weight excluding hydrogens is 251 g/mol. The Kier molecular flexibility index (Phi) is 3.76. The maximum absolute atomic E-state index is 6.12. The Balaban J connectivity index is 1.54. The van der Waals surface area contributed by atoms with Crippen molar-refractivity contribution in [2.24, 2.45) is 5.92 Å². The minimum atomic E-state index is -0.238. The smallest absolute Gasteiger partial charge is 0.400 e. The Hall–Kier alpha value is -0.315. The lowest BCUT2D eigenvalue weighted by molar-refractivity contribution is 0.00578. The van der Waals surface area contributed by atoms with E-state index in [1.165, 1.54) is 18.3 Å². The van der Waals surface area contributed by atoms with E-state index in [0.29, 0.717) is 6.10 Å². The molecule has 4 heteroatoms. The molecule has 0 aromatic rings. The molecule has 0 radical (unpaired) electrons. The molecular formula is C16H27BO3. The second-order valence-electron chi connectivity index (χ2n) is 7.54. The van der Waals surface area contributed by atoms with Crippen LogP contribution in [0.5, 0.6) is 0 Å². The Labute approximate surface area is 123 Å². The van der Waals surface area contributed by atoms with Crippen LogP contribution in [0, 0.1) is 5.92 Å². The third-order valence-electron chi connectivity index (χ3n) is 5.22. The molecule has 112 valence electrons. The highest BCUT2D eigenvalue weighted by atomic mass is 16.7. The molecule has 2 fully saturated rings. The molecule has 0 spiro atoms. The third-order valence-corrected chi connectivity index (χ3v) is 5.22. The zero-order valence-corrected chi connectivity index (χ0v) is 13.3. The van der Waals surface area contributed by atoms with Crippen LogP contribution in [0.3, 0.4) is 0 Å². The predicted octanol–water partition coefficient (Wildman–Crippen LogP) is 3.52. The van der Waals surface area contributed by atoms with Gasteiger partial charge in [0.25, 0.3) is 0 Å². The topological polar surface area (TPSA) is 27.7 Å². The molecule has 0 aromatic carbocycles. The largest absolute Gasteiger partial charge is 0.490 e. The summed E-state index contributed by atoms with van der Waals surface area (Å²) in [6.45, 7) is 9.40. The van der Waals surface area contributed by atoms with Gasteiger partial charge >= 0.3 is 7.12 Å². The lowest BCUT2D eigenvalue weighted by Gasteiger charge is -2.32. The quantitative estimate of drug-likeness (QED) is 0.736. The Morgan fingerprint density at radius 2 is 1.80 bits per heavy atom. The monoisotopic (exact) mass is 278 g/mol. The van der Waals surface area contributed by atoms with Gasteiger partial charge in [-0.3, -0.25) is 0 Å². The molecule has 2 aliphatic carbocycles. The van der Waals surface area contributed by atoms with Crippen LogP contribution in [0.4, 0.5) is 0 Å². The zero-order chi connectivity index (χ0) is 14.4. The molecule has 1 saturated carbocycles. The van der Waals surface area contributed by atoms with E-state index in [0.717, 1.165) is 31.8 Å². The predicted molar refractivity (Wildman–Crippen MR) is 80.5 cm³/mol. The zero-order valence-electron chi connectivity index (χ0n) is 13.3. The van der Waals surface area contributed by atoms with Crippen molar-refractivity contribution < 1.29 is 14.0 Å². The van der Waals surface area contributed by atoms with Crippen LogP contribution in [0.15, 0.2) is 11.5 Å². The van der Waals surface area contributed by atoms with E-state index in [9.17, 15) is 0 Å². The second kappa shape index (κ2) is 5.15. The van der Waals surface area contributed by atoms with Gasteiger partial charge in [-0.2, -0.15) is 0 Å². The number of hydrogen-bond donors (Lipinski definition) is 0. The molecule has 1 aliphatic heterocycles. The van der Waals surface area contributed by atoms with Crippen molar-refractivity contribution in [1.82, 2.24) is 0 Å². The van der Waals surface area contributed by atoms with E-state index in [1.807, 2.05) is 0 Å². The summed E-state index contributed by atoms with van der Waals surface area (Å²) in [6, 6.07) is 0. The molecule has 1 saturated heterocycles. The van der Waals surface area contributed by atoms with Crippen LogP contribution >= 0.6 is 0 Å². The second-order valence-corrected chi connectivity index (χ2v) is 7.54. The van der Waals surface area contributed by atoms with Crippen molar-refractivity contribution in [1.29, 1.82) is 0 Å². The summed E-state index contributed by atoms with van der Waals surface area (Å²) in [7, 11) is -0.163. The molecule has 3 nitrogen and oxygen atoms in total. The molecule has 0 aromatic heterocycles. The van der Waals surface area contributed by atoms with Gasteiger partial charge in [0.1, 0.15) is 0 Å². The van der Waals surface area contributed by atoms with E-state index >= 15 is 0 Å². The van der Waals surface area contributed by atoms with Crippen molar-refractivity contribution in [3.05, 3.63) is 11.5 Å². The van der Waals surface area contributed by atoms with E-state index in [2.05, 4.69) is 33.8 Å². The maximum atomic E-state index is 6.12. The molecule has 3 rings (SSSR count). The number of rotatable bonds is 4. The van der Waals surface area contributed by atoms with Crippen molar-refractivity contribution in [3.63, 3.8) is 0 Å². The first-order valence-electron chi connectivity index (χ1n) is 8.03. The standard InChI is InChI=1S/C16H27BO3/c1-15(2)16(3,4)20-17(19-15)13-7-9-14(10-8-13)18-11-12-5-6-12/h7,12,14H,5-6,8-11H2,1-4H3. The highest BCUT2D eigenvalue weighted by Crippen LogP contribution is 2.40. The summed E-state index contributed by atoms with van der Waals surface area (Å²) in [4.78, 5) is 0. The lowest BCUT2D eigenvalue weighted by Crippen LogP contribution is -2.41. The number of hydrogen-bond acceptors (Lipinski definition) is 3. The number of allylic oxidation sites excluding steroid dienone is 1. The normalized spacial score (nSPS) is 32.3. The van der Waals surface area contributed by atoms with Crippen molar-refractivity contribution in [3.8, 4) is 0 Å². The summed E-state index contributed by atoms with van der Waals surface area (Å²) in [6.07, 6.45) is 8.55. The first kappa shape index (κ1) is 14.6. The Morgan fingerprint density at radius 3 is 2.30 bits per heavy atom. The van der Waals surface area contributed by atoms with Gasteiger partial charge in [-0.15, -0.1) is 0 Å². The first-order chi connectivity index (χ1) is 9.37. The fraction of sp³-hybridized carbons (Fsp3) is 0.875. The first-order valence-corrected chi connectivity index (χ1v) is 8.03. The average Bonchev–Trinajstić information content (AvgIpc) is 3.16. The molecule has 20 heavy (non-hydrogen) atoms. The van der Waals surface area contributed by atoms with E-state index in [1.54, 1.807) is 0 Å². The summed E-state index contributed by atoms with van der Waals surface area (Å²) < 4.78 is 18.2. The summed E-state index contributed by atoms with van der Waals surface area (Å²) >= 11 is 0. The molecule has 1 atom stereocenters. The van der Waals surface area contributed by atoms with E-state index in [4.69, 9.17) is 14.0 Å². The van der Waals surface area contributed by atoms with Gasteiger partial charge in [0.05, 0.1) is 17.3 Å². The highest BCUT2D eigenvalue weighted by Gasteiger charge is 2.52. The van der Waals surface area contributed by atoms with E-state index in [-0.39, 0.29) is 18.3 Å². The van der Waals surface area contributed by atoms with Crippen molar-refractivity contribution in [2.45, 2.75) is 77.1 Å². The SMILES string of the molecule is CC1(C)OB(C2=CCC(OCC3CC3)CC2)OC1(C)C. The molecule has 0 amide bonds. The fourth-order valence-corrected chi connectivity index (χ4v) is 2.75. The van der Waals surface area contributed by atoms with Gasteiger partial charge in [0, 0.05) is 6.61 Å². The fourth-order valence-electron chi connectivity index (χ4n) is 2.75. The van der Waals surface area contributed by atoms with Crippen LogP contribution in [0.1, 0.15) is 59.8 Å². The summed E-state index contributed by atoms with van der Waals surface area (Å²) in [5.74, 6) is 0.850. The van der Waals surface area contributed by atoms with Gasteiger partial charge in [-0.1, -0.05) is 6.08 Å². The molecule has 1 unspecified atom stereocenters. The van der Waals surface area contributed by atoms with Crippen LogP contribution in [-0.2, 0) is 14.0 Å². The van der Waals surface area contributed by atoms with Gasteiger partial charge in [0.2, 0.25) is 0 Å². The van der Waals surface area contributed by atoms with Crippen LogP contribution in [-0.4, -0.2) is 31.0 Å². The van der Waals surface area contributed by atoms with Gasteiger partial charge in [-0.25, -0.2) is 0 Å². The molecule has 0 N–H and O–H groups in total. The summed E-state index contributed by atoms with van der Waals surface area (Å²) in [5, 5.41) is 0. The summed E-state index contributed by atoms with van der Waals surface area (Å²) in [5.41, 5.74) is 0.824. The lowest BCUT2D eigenvalue weighted by atomic mass is 9.72. The van der Waals surface area contributed by atoms with Crippen molar-refractivity contribution in [2.75, 3.05) is 6.61 Å². The average molecular weight is 278 g/mol. The van der Waals surface area contributed by atoms with E-state index < -0.39 is 0 Å². The van der Waals surface area contributed by atoms with Crippen LogP contribution < -0.4 is 0 Å². The van der Waals surface area contributed by atoms with Gasteiger partial charge in [0.15, 0.2) is 0 Å². The Morgan fingerprint density at radius 1 is 1.15 bits per heavy atom. The van der Waals surface area contributed by atoms with Crippen molar-refractivity contribution >= 4 is 7.12 Å². The molecule has 3 aliphatic rings. The van der Waals surface area contributed by atoms with Crippen LogP contribution in [0.2, 0.25) is 0 Å². The number of ether oxygens (including phenoxy) is 1. The minimum Gasteiger partial charge on any atom is -0.400 e.